The van der Waals surface area contributed by atoms with E-state index in [1.807, 2.05) is 45.1 Å². The van der Waals surface area contributed by atoms with Crippen LogP contribution in [0.3, 0.4) is 0 Å². The van der Waals surface area contributed by atoms with Gasteiger partial charge in [0.05, 0.1) is 5.56 Å². The summed E-state index contributed by atoms with van der Waals surface area (Å²) in [5, 5.41) is 3.50. The van der Waals surface area contributed by atoms with Crippen molar-refractivity contribution >= 4 is 5.91 Å². The molecule has 0 saturated heterocycles. The van der Waals surface area contributed by atoms with Crippen molar-refractivity contribution in [2.24, 2.45) is 11.7 Å². The van der Waals surface area contributed by atoms with Gasteiger partial charge in [-0.05, 0) is 88.9 Å². The van der Waals surface area contributed by atoms with E-state index in [0.29, 0.717) is 17.4 Å². The Kier molecular flexibility index (Phi) is 16.6. The van der Waals surface area contributed by atoms with Crippen molar-refractivity contribution < 1.29 is 9.53 Å². The number of hydrogen-bond donors (Lipinski definition) is 2. The minimum Gasteiger partial charge on any atom is -0.439 e. The first-order valence-corrected chi connectivity index (χ1v) is 11.3. The van der Waals surface area contributed by atoms with Crippen LogP contribution in [0, 0.1) is 12.8 Å². The van der Waals surface area contributed by atoms with Crippen LogP contribution in [0.2, 0.25) is 0 Å². The Morgan fingerprint density at radius 2 is 1.85 bits per heavy atom. The normalized spacial score (nSPS) is 11.3. The maximum atomic E-state index is 11.1. The van der Waals surface area contributed by atoms with Gasteiger partial charge in [-0.25, -0.2) is 4.98 Å². The molecule has 0 fully saturated rings. The first-order valence-electron chi connectivity index (χ1n) is 11.3. The van der Waals surface area contributed by atoms with Crippen molar-refractivity contribution in [3.05, 3.63) is 90.7 Å². The lowest BCUT2D eigenvalue weighted by Gasteiger charge is -2.15. The highest BCUT2D eigenvalue weighted by Gasteiger charge is 2.08. The highest BCUT2D eigenvalue weighted by molar-refractivity contribution is 5.92. The first-order chi connectivity index (χ1) is 15.9. The van der Waals surface area contributed by atoms with E-state index in [1.165, 1.54) is 17.3 Å². The zero-order chi connectivity index (χ0) is 25.1. The van der Waals surface area contributed by atoms with Crippen LogP contribution in [0.15, 0.2) is 74.0 Å². The van der Waals surface area contributed by atoms with E-state index in [1.54, 1.807) is 12.1 Å². The van der Waals surface area contributed by atoms with E-state index in [2.05, 4.69) is 55.5 Å². The van der Waals surface area contributed by atoms with Crippen molar-refractivity contribution in [1.82, 2.24) is 10.3 Å². The number of carbonyl (C=O) groups excluding carboxylic acids is 1. The molecule has 33 heavy (non-hydrogen) atoms. The van der Waals surface area contributed by atoms with Gasteiger partial charge in [-0.3, -0.25) is 4.79 Å². The highest BCUT2D eigenvalue weighted by Crippen LogP contribution is 2.24. The summed E-state index contributed by atoms with van der Waals surface area (Å²) in [4.78, 5) is 15.2. The fourth-order valence-corrected chi connectivity index (χ4v) is 2.82. The Labute approximate surface area is 200 Å². The summed E-state index contributed by atoms with van der Waals surface area (Å²) in [5.41, 5.74) is 8.10. The van der Waals surface area contributed by atoms with Crippen LogP contribution in [0.4, 0.5) is 0 Å². The minimum absolute atomic E-state index is 0.363. The molecule has 1 heterocycles. The summed E-state index contributed by atoms with van der Waals surface area (Å²) >= 11 is 0. The zero-order valence-corrected chi connectivity index (χ0v) is 20.9. The number of allylic oxidation sites excluding steroid dienone is 3. The van der Waals surface area contributed by atoms with Crippen molar-refractivity contribution in [2.45, 2.75) is 47.5 Å². The molecule has 5 heteroatoms. The second-order valence-electron chi connectivity index (χ2n) is 7.48. The molecule has 1 atom stereocenters. The van der Waals surface area contributed by atoms with Crippen LogP contribution in [-0.2, 0) is 6.42 Å². The average molecular weight is 452 g/mol. The molecule has 0 aliphatic heterocycles. The van der Waals surface area contributed by atoms with Gasteiger partial charge in [0, 0.05) is 12.3 Å². The van der Waals surface area contributed by atoms with Crippen LogP contribution in [0.1, 0.15) is 55.6 Å². The highest BCUT2D eigenvalue weighted by atomic mass is 16.5. The molecule has 0 radical (unpaired) electrons. The number of nitrogens with zero attached hydrogens (tertiary/aromatic N) is 1. The van der Waals surface area contributed by atoms with Crippen LogP contribution < -0.4 is 15.8 Å². The maximum Gasteiger partial charge on any atom is 0.250 e. The average Bonchev–Trinajstić information content (AvgIpc) is 2.82. The predicted octanol–water partition coefficient (Wildman–Crippen LogP) is 6.40. The Hall–Kier alpha value is -3.18. The maximum absolute atomic E-state index is 11.1. The number of amides is 1. The predicted molar refractivity (Wildman–Crippen MR) is 141 cm³/mol. The third-order valence-electron chi connectivity index (χ3n) is 4.68. The molecule has 2 aromatic rings. The van der Waals surface area contributed by atoms with Gasteiger partial charge in [-0.2, -0.15) is 0 Å². The molecule has 0 aliphatic rings. The van der Waals surface area contributed by atoms with Gasteiger partial charge >= 0.3 is 0 Å². The molecule has 1 aromatic heterocycles. The molecule has 0 spiro atoms. The summed E-state index contributed by atoms with van der Waals surface area (Å²) in [6, 6.07) is 9.34. The molecule has 0 saturated carbocycles. The van der Waals surface area contributed by atoms with E-state index in [4.69, 9.17) is 10.5 Å². The molecule has 5 nitrogen and oxygen atoms in total. The van der Waals surface area contributed by atoms with Crippen molar-refractivity contribution in [1.29, 1.82) is 0 Å². The summed E-state index contributed by atoms with van der Waals surface area (Å²) < 4.78 is 5.77. The van der Waals surface area contributed by atoms with Gasteiger partial charge < -0.3 is 15.8 Å². The van der Waals surface area contributed by atoms with E-state index in [0.717, 1.165) is 31.7 Å². The number of benzene rings is 1. The fourth-order valence-electron chi connectivity index (χ4n) is 2.82. The number of aromatic nitrogens is 1. The molecule has 0 aliphatic carbocycles. The Bertz CT molecular complexity index is 854. The number of hydrogen-bond acceptors (Lipinski definition) is 4. The van der Waals surface area contributed by atoms with Crippen molar-refractivity contribution in [3.63, 3.8) is 0 Å². The lowest BCUT2D eigenvalue weighted by Crippen LogP contribution is -2.23. The van der Waals surface area contributed by atoms with E-state index < -0.39 is 5.91 Å². The molecule has 2 rings (SSSR count). The number of aryl methyl sites for hydroxylation is 1. The quantitative estimate of drug-likeness (QED) is 0.324. The third kappa shape index (κ3) is 13.1. The number of carbonyl (C=O) groups is 1. The van der Waals surface area contributed by atoms with Gasteiger partial charge in [0.2, 0.25) is 11.8 Å². The standard InChI is InChI=1S/C22H29N3O2.C4H8.C2H4/c1-4-5-6-11-24-14-16(2)12-18-7-9-20(13-17(18)3)27-21-10-8-19(15-25-21)22(23)26;1-3-4-2;1-2/h4-5,7-10,13,15-16,24H,6,11-12,14H2,1-3H3,(H2,23,26);3-4H,1-2H3;1-2H2/b5-4+;4-3-;. The second kappa shape index (κ2) is 18.4. The van der Waals surface area contributed by atoms with Crippen LogP contribution in [-0.4, -0.2) is 24.0 Å². The molecule has 1 aromatic carbocycles. The third-order valence-corrected chi connectivity index (χ3v) is 4.68. The van der Waals surface area contributed by atoms with Crippen LogP contribution >= 0.6 is 0 Å². The van der Waals surface area contributed by atoms with Crippen molar-refractivity contribution in [2.75, 3.05) is 13.1 Å². The molecular formula is C28H41N3O2. The molecule has 1 amide bonds. The fraction of sp³-hybridized carbons (Fsp3) is 0.357. The smallest absolute Gasteiger partial charge is 0.250 e. The molecule has 0 bridgehead atoms. The topological polar surface area (TPSA) is 77.2 Å². The molecule has 180 valence electrons. The van der Waals surface area contributed by atoms with Crippen LogP contribution in [0.5, 0.6) is 11.6 Å². The molecule has 1 unspecified atom stereocenters. The summed E-state index contributed by atoms with van der Waals surface area (Å²) in [6.45, 7) is 18.4. The second-order valence-corrected chi connectivity index (χ2v) is 7.48. The van der Waals surface area contributed by atoms with E-state index in [9.17, 15) is 4.79 Å². The van der Waals surface area contributed by atoms with Gasteiger partial charge in [-0.15, -0.1) is 13.2 Å². The van der Waals surface area contributed by atoms with Gasteiger partial charge in [0.25, 0.3) is 0 Å². The van der Waals surface area contributed by atoms with E-state index >= 15 is 0 Å². The molecular weight excluding hydrogens is 410 g/mol. The number of primary amides is 1. The van der Waals surface area contributed by atoms with Gasteiger partial charge in [-0.1, -0.05) is 37.3 Å². The SMILES string of the molecule is C/C=C/CCNCC(C)Cc1ccc(Oc2ccc(C(N)=O)cn2)cc1C.C/C=C\C.C=C. The Balaban J connectivity index is 0.00000154. The number of rotatable bonds is 10. The Morgan fingerprint density at radius 1 is 1.15 bits per heavy atom. The molecule has 3 N–H and O–H groups in total. The summed E-state index contributed by atoms with van der Waals surface area (Å²) in [6.07, 6.45) is 11.8. The van der Waals surface area contributed by atoms with Crippen LogP contribution in [0.25, 0.3) is 0 Å². The minimum atomic E-state index is -0.500. The van der Waals surface area contributed by atoms with Gasteiger partial charge in [0.1, 0.15) is 5.75 Å². The monoisotopic (exact) mass is 451 g/mol. The van der Waals surface area contributed by atoms with Crippen molar-refractivity contribution in [3.8, 4) is 11.6 Å². The zero-order valence-electron chi connectivity index (χ0n) is 20.9. The number of pyridine rings is 1. The summed E-state index contributed by atoms with van der Waals surface area (Å²) in [5.74, 6) is 1.22. The largest absolute Gasteiger partial charge is 0.439 e. The number of nitrogens with two attached hydrogens (primary N) is 1. The lowest BCUT2D eigenvalue weighted by atomic mass is 9.97. The van der Waals surface area contributed by atoms with Gasteiger partial charge in [0.15, 0.2) is 0 Å². The first kappa shape index (κ1) is 29.8. The Morgan fingerprint density at radius 3 is 2.36 bits per heavy atom. The van der Waals surface area contributed by atoms with E-state index in [-0.39, 0.29) is 0 Å². The lowest BCUT2D eigenvalue weighted by molar-refractivity contribution is 0.1000. The summed E-state index contributed by atoms with van der Waals surface area (Å²) in [7, 11) is 0. The number of ether oxygens (including phenoxy) is 1. The number of nitrogens with one attached hydrogen (secondary N) is 1.